The SMILES string of the molecule is Cc1cccc(-c2ccnc(C(=O)NCC(=O)O)c2)c1. The van der Waals surface area contributed by atoms with Crippen LogP contribution in [-0.2, 0) is 4.79 Å². The molecule has 0 aliphatic rings. The van der Waals surface area contributed by atoms with Gasteiger partial charge in [0.1, 0.15) is 12.2 Å². The summed E-state index contributed by atoms with van der Waals surface area (Å²) in [6, 6.07) is 11.3. The third kappa shape index (κ3) is 3.41. The van der Waals surface area contributed by atoms with Crippen LogP contribution in [-0.4, -0.2) is 28.5 Å². The van der Waals surface area contributed by atoms with Gasteiger partial charge in [0.25, 0.3) is 5.91 Å². The number of aryl methyl sites for hydroxylation is 1. The number of nitrogens with zero attached hydrogens (tertiary/aromatic N) is 1. The maximum absolute atomic E-state index is 11.8. The molecule has 5 nitrogen and oxygen atoms in total. The van der Waals surface area contributed by atoms with Gasteiger partial charge in [-0.15, -0.1) is 0 Å². The summed E-state index contributed by atoms with van der Waals surface area (Å²) in [5, 5.41) is 10.8. The van der Waals surface area contributed by atoms with E-state index >= 15 is 0 Å². The van der Waals surface area contributed by atoms with Gasteiger partial charge in [0.05, 0.1) is 0 Å². The molecule has 0 saturated carbocycles. The second kappa shape index (κ2) is 5.97. The Kier molecular flexibility index (Phi) is 4.10. The summed E-state index contributed by atoms with van der Waals surface area (Å²) < 4.78 is 0. The van der Waals surface area contributed by atoms with Crippen molar-refractivity contribution in [1.82, 2.24) is 10.3 Å². The lowest BCUT2D eigenvalue weighted by atomic mass is 10.0. The van der Waals surface area contributed by atoms with Crippen molar-refractivity contribution in [2.75, 3.05) is 6.54 Å². The summed E-state index contributed by atoms with van der Waals surface area (Å²) >= 11 is 0. The molecule has 0 spiro atoms. The lowest BCUT2D eigenvalue weighted by Crippen LogP contribution is -2.29. The van der Waals surface area contributed by atoms with E-state index < -0.39 is 18.4 Å². The van der Waals surface area contributed by atoms with Crippen LogP contribution < -0.4 is 5.32 Å². The number of nitrogens with one attached hydrogen (secondary N) is 1. The number of carboxylic acid groups (broad SMARTS) is 1. The van der Waals surface area contributed by atoms with E-state index in [4.69, 9.17) is 5.11 Å². The van der Waals surface area contributed by atoms with Crippen LogP contribution in [0.2, 0.25) is 0 Å². The number of benzene rings is 1. The average molecular weight is 270 g/mol. The summed E-state index contributed by atoms with van der Waals surface area (Å²) in [5.74, 6) is -1.59. The molecule has 0 unspecified atom stereocenters. The first-order valence-corrected chi connectivity index (χ1v) is 6.09. The molecule has 5 heteroatoms. The molecule has 2 aromatic rings. The van der Waals surface area contributed by atoms with E-state index in [9.17, 15) is 9.59 Å². The number of carboxylic acids is 1. The molecule has 0 radical (unpaired) electrons. The molecule has 1 aromatic heterocycles. The highest BCUT2D eigenvalue weighted by atomic mass is 16.4. The zero-order valence-electron chi connectivity index (χ0n) is 11.0. The van der Waals surface area contributed by atoms with Gasteiger partial charge in [-0.3, -0.25) is 14.6 Å². The molecule has 0 atom stereocenters. The molecule has 1 heterocycles. The number of carbonyl (C=O) groups is 2. The van der Waals surface area contributed by atoms with Gasteiger partial charge in [-0.25, -0.2) is 0 Å². The van der Waals surface area contributed by atoms with Crippen molar-refractivity contribution in [3.63, 3.8) is 0 Å². The number of rotatable bonds is 4. The van der Waals surface area contributed by atoms with Crippen LogP contribution in [0, 0.1) is 6.92 Å². The summed E-state index contributed by atoms with van der Waals surface area (Å²) in [4.78, 5) is 26.1. The molecular weight excluding hydrogens is 256 g/mol. The van der Waals surface area contributed by atoms with E-state index in [1.807, 2.05) is 37.3 Å². The number of hydrogen-bond donors (Lipinski definition) is 2. The average Bonchev–Trinajstić information content (AvgIpc) is 2.45. The van der Waals surface area contributed by atoms with Crippen molar-refractivity contribution in [3.05, 3.63) is 53.9 Å². The molecule has 1 amide bonds. The number of carbonyl (C=O) groups excluding carboxylic acids is 1. The lowest BCUT2D eigenvalue weighted by Gasteiger charge is -2.06. The first-order chi connectivity index (χ1) is 9.56. The minimum absolute atomic E-state index is 0.199. The fourth-order valence-electron chi connectivity index (χ4n) is 1.81. The standard InChI is InChI=1S/C15H14N2O3/c1-10-3-2-4-11(7-10)12-5-6-16-13(8-12)15(20)17-9-14(18)19/h2-8H,9H2,1H3,(H,17,20)(H,18,19). The van der Waals surface area contributed by atoms with Crippen molar-refractivity contribution in [2.45, 2.75) is 6.92 Å². The van der Waals surface area contributed by atoms with Crippen molar-refractivity contribution in [2.24, 2.45) is 0 Å². The molecule has 0 fully saturated rings. The minimum Gasteiger partial charge on any atom is -0.480 e. The zero-order valence-corrected chi connectivity index (χ0v) is 11.0. The van der Waals surface area contributed by atoms with E-state index in [-0.39, 0.29) is 5.69 Å². The quantitative estimate of drug-likeness (QED) is 0.889. The molecule has 1 aromatic carbocycles. The van der Waals surface area contributed by atoms with Crippen LogP contribution in [0.3, 0.4) is 0 Å². The van der Waals surface area contributed by atoms with Crippen LogP contribution in [0.15, 0.2) is 42.6 Å². The number of aliphatic carboxylic acids is 1. The first-order valence-electron chi connectivity index (χ1n) is 6.09. The highest BCUT2D eigenvalue weighted by Gasteiger charge is 2.09. The Bertz CT molecular complexity index is 653. The van der Waals surface area contributed by atoms with Crippen molar-refractivity contribution < 1.29 is 14.7 Å². The van der Waals surface area contributed by atoms with Crippen LogP contribution in [0.5, 0.6) is 0 Å². The van der Waals surface area contributed by atoms with E-state index in [1.54, 1.807) is 6.07 Å². The summed E-state index contributed by atoms with van der Waals surface area (Å²) in [5.41, 5.74) is 3.17. The van der Waals surface area contributed by atoms with Crippen LogP contribution in [0.25, 0.3) is 11.1 Å². The van der Waals surface area contributed by atoms with Crippen molar-refractivity contribution in [1.29, 1.82) is 0 Å². The highest BCUT2D eigenvalue weighted by molar-refractivity contribution is 5.95. The molecule has 0 aliphatic heterocycles. The van der Waals surface area contributed by atoms with Gasteiger partial charge in [0, 0.05) is 6.20 Å². The molecule has 102 valence electrons. The van der Waals surface area contributed by atoms with Gasteiger partial charge in [-0.05, 0) is 30.2 Å². The zero-order chi connectivity index (χ0) is 14.5. The predicted molar refractivity (Wildman–Crippen MR) is 74.4 cm³/mol. The fourth-order valence-corrected chi connectivity index (χ4v) is 1.81. The summed E-state index contributed by atoms with van der Waals surface area (Å²) in [7, 11) is 0. The van der Waals surface area contributed by atoms with Crippen molar-refractivity contribution in [3.8, 4) is 11.1 Å². The fraction of sp³-hybridized carbons (Fsp3) is 0.133. The Labute approximate surface area is 116 Å². The normalized spacial score (nSPS) is 10.1. The lowest BCUT2D eigenvalue weighted by molar-refractivity contribution is -0.135. The third-order valence-corrected chi connectivity index (χ3v) is 2.74. The topological polar surface area (TPSA) is 79.3 Å². The van der Waals surface area contributed by atoms with Crippen molar-refractivity contribution >= 4 is 11.9 Å². The maximum Gasteiger partial charge on any atom is 0.322 e. The summed E-state index contributed by atoms with van der Waals surface area (Å²) in [6.45, 7) is 1.57. The molecule has 0 aliphatic carbocycles. The van der Waals surface area contributed by atoms with E-state index in [0.29, 0.717) is 0 Å². The third-order valence-electron chi connectivity index (χ3n) is 2.74. The van der Waals surface area contributed by atoms with Gasteiger partial charge >= 0.3 is 5.97 Å². The van der Waals surface area contributed by atoms with E-state index in [2.05, 4.69) is 10.3 Å². The number of hydrogen-bond acceptors (Lipinski definition) is 3. The predicted octanol–water partition coefficient (Wildman–Crippen LogP) is 1.87. The van der Waals surface area contributed by atoms with Gasteiger partial charge in [0.15, 0.2) is 0 Å². The molecule has 0 saturated heterocycles. The molecular formula is C15H14N2O3. The Balaban J connectivity index is 2.24. The van der Waals surface area contributed by atoms with Gasteiger partial charge < -0.3 is 10.4 Å². The monoisotopic (exact) mass is 270 g/mol. The van der Waals surface area contributed by atoms with E-state index in [0.717, 1.165) is 16.7 Å². The minimum atomic E-state index is -1.09. The Hall–Kier alpha value is -2.69. The molecule has 0 bridgehead atoms. The molecule has 2 N–H and O–H groups in total. The van der Waals surface area contributed by atoms with Crippen LogP contribution >= 0.6 is 0 Å². The van der Waals surface area contributed by atoms with Crippen LogP contribution in [0.4, 0.5) is 0 Å². The Morgan fingerprint density at radius 2 is 1.95 bits per heavy atom. The largest absolute Gasteiger partial charge is 0.480 e. The number of pyridine rings is 1. The molecule has 2 rings (SSSR count). The highest BCUT2D eigenvalue weighted by Crippen LogP contribution is 2.20. The summed E-state index contributed by atoms with van der Waals surface area (Å²) in [6.07, 6.45) is 1.54. The maximum atomic E-state index is 11.8. The Morgan fingerprint density at radius 1 is 1.20 bits per heavy atom. The number of amides is 1. The molecule has 20 heavy (non-hydrogen) atoms. The van der Waals surface area contributed by atoms with Gasteiger partial charge in [-0.2, -0.15) is 0 Å². The Morgan fingerprint density at radius 3 is 2.65 bits per heavy atom. The smallest absolute Gasteiger partial charge is 0.322 e. The second-order valence-corrected chi connectivity index (χ2v) is 4.38. The van der Waals surface area contributed by atoms with E-state index in [1.165, 1.54) is 6.20 Å². The van der Waals surface area contributed by atoms with Gasteiger partial charge in [-0.1, -0.05) is 29.8 Å². The number of aromatic nitrogens is 1. The van der Waals surface area contributed by atoms with Crippen LogP contribution in [0.1, 0.15) is 16.1 Å². The second-order valence-electron chi connectivity index (χ2n) is 4.38. The first kappa shape index (κ1) is 13.7. The van der Waals surface area contributed by atoms with Gasteiger partial charge in [0.2, 0.25) is 0 Å².